The van der Waals surface area contributed by atoms with Gasteiger partial charge >= 0.3 is 5.97 Å². The minimum atomic E-state index is -0.856. The molecule has 7 heteroatoms. The Morgan fingerprint density at radius 1 is 1.50 bits per heavy atom. The van der Waals surface area contributed by atoms with Crippen molar-refractivity contribution in [2.24, 2.45) is 5.92 Å². The smallest absolute Gasteiger partial charge is 0.345 e. The molecule has 0 aliphatic carbocycles. The van der Waals surface area contributed by atoms with E-state index in [1.165, 1.54) is 6.92 Å². The standard InChI is InChI=1S/C9H12N2O5/c1-5-3-7(13)11(9(5)15)16-8(14)4-10-6(2)12/h5H,3-4H2,1-2H3,(H,10,12). The molecule has 1 heterocycles. The van der Waals surface area contributed by atoms with Gasteiger partial charge in [-0.1, -0.05) is 6.92 Å². The molecule has 0 bridgehead atoms. The van der Waals surface area contributed by atoms with E-state index < -0.39 is 29.6 Å². The number of imide groups is 1. The number of hydrogen-bond donors (Lipinski definition) is 1. The van der Waals surface area contributed by atoms with Crippen LogP contribution in [0.25, 0.3) is 0 Å². The fourth-order valence-corrected chi connectivity index (χ4v) is 1.18. The Hall–Kier alpha value is -1.92. The highest BCUT2D eigenvalue weighted by Gasteiger charge is 2.38. The van der Waals surface area contributed by atoms with E-state index in [1.807, 2.05) is 0 Å². The minimum absolute atomic E-state index is 0.0340. The van der Waals surface area contributed by atoms with Gasteiger partial charge in [0.2, 0.25) is 5.91 Å². The third kappa shape index (κ3) is 2.78. The van der Waals surface area contributed by atoms with Crippen LogP contribution < -0.4 is 5.32 Å². The van der Waals surface area contributed by atoms with Crippen LogP contribution in [-0.4, -0.2) is 35.3 Å². The molecule has 0 spiro atoms. The van der Waals surface area contributed by atoms with Gasteiger partial charge in [0.1, 0.15) is 6.54 Å². The number of amides is 3. The summed E-state index contributed by atoms with van der Waals surface area (Å²) in [6, 6.07) is 0. The highest BCUT2D eigenvalue weighted by atomic mass is 16.7. The molecule has 1 unspecified atom stereocenters. The zero-order valence-corrected chi connectivity index (χ0v) is 8.98. The largest absolute Gasteiger partial charge is 0.352 e. The summed E-state index contributed by atoms with van der Waals surface area (Å²) in [6.45, 7) is 2.43. The van der Waals surface area contributed by atoms with Crippen LogP contribution in [-0.2, 0) is 24.0 Å². The van der Waals surface area contributed by atoms with Crippen molar-refractivity contribution >= 4 is 23.7 Å². The maximum absolute atomic E-state index is 11.3. The molecule has 88 valence electrons. The first-order valence-electron chi connectivity index (χ1n) is 4.74. The van der Waals surface area contributed by atoms with Crippen LogP contribution in [0.5, 0.6) is 0 Å². The van der Waals surface area contributed by atoms with Gasteiger partial charge in [-0.2, -0.15) is 0 Å². The molecule has 1 aliphatic rings. The fraction of sp³-hybridized carbons (Fsp3) is 0.556. The Balaban J connectivity index is 2.48. The Labute approximate surface area is 91.7 Å². The number of carbonyl (C=O) groups excluding carboxylic acids is 4. The van der Waals surface area contributed by atoms with Crippen molar-refractivity contribution in [2.45, 2.75) is 20.3 Å². The normalized spacial score (nSPS) is 19.9. The molecule has 1 saturated heterocycles. The summed E-state index contributed by atoms with van der Waals surface area (Å²) in [7, 11) is 0. The molecule has 7 nitrogen and oxygen atoms in total. The number of hydroxylamine groups is 2. The second-order valence-electron chi connectivity index (χ2n) is 3.50. The second kappa shape index (κ2) is 4.73. The summed E-state index contributed by atoms with van der Waals surface area (Å²) in [4.78, 5) is 48.7. The zero-order chi connectivity index (χ0) is 12.3. The van der Waals surface area contributed by atoms with E-state index >= 15 is 0 Å². The van der Waals surface area contributed by atoms with E-state index in [0.29, 0.717) is 5.06 Å². The monoisotopic (exact) mass is 228 g/mol. The molecule has 0 aromatic carbocycles. The molecule has 0 saturated carbocycles. The molecule has 1 atom stereocenters. The van der Waals surface area contributed by atoms with Crippen molar-refractivity contribution in [3.05, 3.63) is 0 Å². The lowest BCUT2D eigenvalue weighted by atomic mass is 10.1. The highest BCUT2D eigenvalue weighted by Crippen LogP contribution is 2.18. The summed E-state index contributed by atoms with van der Waals surface area (Å²) >= 11 is 0. The van der Waals surface area contributed by atoms with E-state index in [9.17, 15) is 19.2 Å². The van der Waals surface area contributed by atoms with E-state index in [4.69, 9.17) is 0 Å². The predicted molar refractivity (Wildman–Crippen MR) is 50.4 cm³/mol. The Morgan fingerprint density at radius 2 is 2.12 bits per heavy atom. The third-order valence-electron chi connectivity index (χ3n) is 2.00. The van der Waals surface area contributed by atoms with Crippen LogP contribution in [0.1, 0.15) is 20.3 Å². The summed E-state index contributed by atoms with van der Waals surface area (Å²) in [5.41, 5.74) is 0. The Bertz CT molecular complexity index is 352. The lowest BCUT2D eigenvalue weighted by Crippen LogP contribution is -2.37. The van der Waals surface area contributed by atoms with E-state index in [1.54, 1.807) is 6.92 Å². The molecular weight excluding hydrogens is 216 g/mol. The molecule has 0 aromatic rings. The van der Waals surface area contributed by atoms with Crippen molar-refractivity contribution in [2.75, 3.05) is 6.54 Å². The highest BCUT2D eigenvalue weighted by molar-refractivity contribution is 6.03. The first-order valence-corrected chi connectivity index (χ1v) is 4.74. The Morgan fingerprint density at radius 3 is 2.56 bits per heavy atom. The second-order valence-corrected chi connectivity index (χ2v) is 3.50. The van der Waals surface area contributed by atoms with Gasteiger partial charge < -0.3 is 10.2 Å². The van der Waals surface area contributed by atoms with Crippen LogP contribution in [0.3, 0.4) is 0 Å². The number of rotatable bonds is 3. The lowest BCUT2D eigenvalue weighted by molar-refractivity contribution is -0.197. The topological polar surface area (TPSA) is 92.8 Å². The van der Waals surface area contributed by atoms with Gasteiger partial charge in [-0.25, -0.2) is 4.79 Å². The van der Waals surface area contributed by atoms with E-state index in [-0.39, 0.29) is 13.0 Å². The quantitative estimate of drug-likeness (QED) is 0.624. The molecule has 0 radical (unpaired) electrons. The van der Waals surface area contributed by atoms with Crippen molar-refractivity contribution in [1.29, 1.82) is 0 Å². The molecule has 1 rings (SSSR count). The average Bonchev–Trinajstić information content (AvgIpc) is 2.42. The van der Waals surface area contributed by atoms with Crippen LogP contribution >= 0.6 is 0 Å². The maximum atomic E-state index is 11.3. The number of nitrogens with zero attached hydrogens (tertiary/aromatic N) is 1. The molecule has 0 aromatic heterocycles. The third-order valence-corrected chi connectivity index (χ3v) is 2.00. The fourth-order valence-electron chi connectivity index (χ4n) is 1.18. The number of nitrogens with one attached hydrogen (secondary N) is 1. The molecule has 1 aliphatic heterocycles. The average molecular weight is 228 g/mol. The SMILES string of the molecule is CC(=O)NCC(=O)ON1C(=O)CC(C)C1=O. The van der Waals surface area contributed by atoms with Crippen LogP contribution in [0, 0.1) is 5.92 Å². The van der Waals surface area contributed by atoms with E-state index in [2.05, 4.69) is 10.2 Å². The molecular formula is C9H12N2O5. The molecule has 1 fully saturated rings. The summed E-state index contributed by atoms with van der Waals surface area (Å²) in [5.74, 6) is -2.81. The van der Waals surface area contributed by atoms with E-state index in [0.717, 1.165) is 0 Å². The maximum Gasteiger partial charge on any atom is 0.352 e. The van der Waals surface area contributed by atoms with Gasteiger partial charge in [0.05, 0.1) is 0 Å². The minimum Gasteiger partial charge on any atom is -0.345 e. The number of carbonyl (C=O) groups is 4. The zero-order valence-electron chi connectivity index (χ0n) is 8.98. The first-order chi connectivity index (χ1) is 7.41. The van der Waals surface area contributed by atoms with Gasteiger partial charge in [0.25, 0.3) is 11.8 Å². The van der Waals surface area contributed by atoms with Crippen molar-refractivity contribution < 1.29 is 24.0 Å². The van der Waals surface area contributed by atoms with Crippen LogP contribution in [0.4, 0.5) is 0 Å². The molecule has 3 amide bonds. The van der Waals surface area contributed by atoms with Crippen molar-refractivity contribution in [3.63, 3.8) is 0 Å². The van der Waals surface area contributed by atoms with Gasteiger partial charge in [-0.05, 0) is 0 Å². The Kier molecular flexibility index (Phi) is 3.60. The summed E-state index contributed by atoms with van der Waals surface area (Å²) in [6.07, 6.45) is 0.0340. The summed E-state index contributed by atoms with van der Waals surface area (Å²) < 4.78 is 0. The van der Waals surface area contributed by atoms with Gasteiger partial charge in [-0.3, -0.25) is 14.4 Å². The molecule has 1 N–H and O–H groups in total. The number of hydrogen-bond acceptors (Lipinski definition) is 5. The first kappa shape index (κ1) is 12.2. The van der Waals surface area contributed by atoms with Crippen LogP contribution in [0.2, 0.25) is 0 Å². The van der Waals surface area contributed by atoms with Crippen molar-refractivity contribution in [3.8, 4) is 0 Å². The van der Waals surface area contributed by atoms with Crippen molar-refractivity contribution in [1.82, 2.24) is 10.4 Å². The van der Waals surface area contributed by atoms with Gasteiger partial charge in [0, 0.05) is 19.3 Å². The lowest BCUT2D eigenvalue weighted by Gasteiger charge is -2.12. The molecule has 16 heavy (non-hydrogen) atoms. The van der Waals surface area contributed by atoms with Gasteiger partial charge in [-0.15, -0.1) is 5.06 Å². The predicted octanol–water partition coefficient (Wildman–Crippen LogP) is -1.02. The van der Waals surface area contributed by atoms with Gasteiger partial charge in [0.15, 0.2) is 0 Å². The van der Waals surface area contributed by atoms with Crippen LogP contribution in [0.15, 0.2) is 0 Å². The summed E-state index contributed by atoms with van der Waals surface area (Å²) in [5, 5.41) is 2.65.